The molecule has 5 unspecified atom stereocenters. The van der Waals surface area contributed by atoms with Crippen molar-refractivity contribution in [2.24, 2.45) is 17.8 Å². The Hall–Kier alpha value is -1.02. The van der Waals surface area contributed by atoms with E-state index >= 15 is 0 Å². The van der Waals surface area contributed by atoms with Crippen LogP contribution in [0, 0.1) is 17.8 Å². The van der Waals surface area contributed by atoms with Crippen molar-refractivity contribution in [3.05, 3.63) is 29.8 Å². The minimum absolute atomic E-state index is 0.711. The van der Waals surface area contributed by atoms with Crippen LogP contribution in [-0.2, 0) is 0 Å². The van der Waals surface area contributed by atoms with Crippen LogP contribution in [0.5, 0.6) is 5.75 Å². The third-order valence-electron chi connectivity index (χ3n) is 5.65. The topological polar surface area (TPSA) is 21.3 Å². The molecule has 1 aromatic rings. The maximum absolute atomic E-state index is 5.42. The van der Waals surface area contributed by atoms with E-state index in [1.165, 1.54) is 31.4 Å². The number of piperidine rings is 1. The fourth-order valence-corrected chi connectivity index (χ4v) is 4.39. The summed E-state index contributed by atoms with van der Waals surface area (Å²) >= 11 is 0. The van der Waals surface area contributed by atoms with Gasteiger partial charge in [0.05, 0.1) is 7.11 Å². The average Bonchev–Trinajstić information content (AvgIpc) is 2.51. The van der Waals surface area contributed by atoms with Gasteiger partial charge in [-0.3, -0.25) is 0 Å². The predicted octanol–water partition coefficient (Wildman–Crippen LogP) is 3.82. The van der Waals surface area contributed by atoms with Crippen LogP contribution >= 0.6 is 0 Å². The average molecular weight is 273 g/mol. The highest BCUT2D eigenvalue weighted by Gasteiger charge is 2.42. The van der Waals surface area contributed by atoms with Gasteiger partial charge in [0.1, 0.15) is 5.75 Å². The van der Waals surface area contributed by atoms with Crippen molar-refractivity contribution in [3.63, 3.8) is 0 Å². The molecule has 2 fully saturated rings. The fourth-order valence-electron chi connectivity index (χ4n) is 4.39. The van der Waals surface area contributed by atoms with E-state index in [0.29, 0.717) is 5.92 Å². The minimum Gasteiger partial charge on any atom is -0.497 e. The number of hydrogen-bond donors (Lipinski definition) is 1. The molecule has 2 aliphatic rings. The molecule has 2 bridgehead atoms. The molecule has 0 radical (unpaired) electrons. The first-order valence-corrected chi connectivity index (χ1v) is 8.10. The third kappa shape index (κ3) is 2.46. The third-order valence-corrected chi connectivity index (χ3v) is 5.65. The Balaban J connectivity index is 1.89. The van der Waals surface area contributed by atoms with Crippen LogP contribution in [0.3, 0.4) is 0 Å². The number of hydrogen-bond acceptors (Lipinski definition) is 2. The van der Waals surface area contributed by atoms with Crippen molar-refractivity contribution in [1.29, 1.82) is 0 Å². The first-order chi connectivity index (χ1) is 9.72. The Morgan fingerprint density at radius 2 is 2.15 bits per heavy atom. The summed E-state index contributed by atoms with van der Waals surface area (Å²) < 4.78 is 5.42. The van der Waals surface area contributed by atoms with Crippen molar-refractivity contribution >= 4 is 0 Å². The largest absolute Gasteiger partial charge is 0.497 e. The molecule has 110 valence electrons. The molecule has 1 aliphatic heterocycles. The molecule has 2 nitrogen and oxygen atoms in total. The Kier molecular flexibility index (Phi) is 4.02. The van der Waals surface area contributed by atoms with Crippen LogP contribution < -0.4 is 10.1 Å². The molecular weight excluding hydrogens is 246 g/mol. The van der Waals surface area contributed by atoms with Gasteiger partial charge in [-0.15, -0.1) is 0 Å². The Morgan fingerprint density at radius 3 is 2.90 bits per heavy atom. The van der Waals surface area contributed by atoms with Crippen molar-refractivity contribution in [1.82, 2.24) is 5.32 Å². The van der Waals surface area contributed by atoms with E-state index < -0.39 is 0 Å². The maximum atomic E-state index is 5.42. The van der Waals surface area contributed by atoms with E-state index in [-0.39, 0.29) is 0 Å². The molecule has 1 saturated heterocycles. The van der Waals surface area contributed by atoms with E-state index in [1.54, 1.807) is 7.11 Å². The highest BCUT2D eigenvalue weighted by atomic mass is 16.5. The second kappa shape index (κ2) is 5.77. The molecule has 2 heteroatoms. The molecule has 0 spiro atoms. The molecule has 3 rings (SSSR count). The van der Waals surface area contributed by atoms with E-state index in [4.69, 9.17) is 4.74 Å². The molecular formula is C18H27NO. The first-order valence-electron chi connectivity index (χ1n) is 8.10. The van der Waals surface area contributed by atoms with Gasteiger partial charge < -0.3 is 10.1 Å². The summed E-state index contributed by atoms with van der Waals surface area (Å²) in [5.41, 5.74) is 1.49. The molecule has 20 heavy (non-hydrogen) atoms. The smallest absolute Gasteiger partial charge is 0.119 e. The second-order valence-electron chi connectivity index (χ2n) is 6.68. The van der Waals surface area contributed by atoms with Gasteiger partial charge in [-0.05, 0) is 60.8 Å². The normalized spacial score (nSPS) is 36.6. The maximum Gasteiger partial charge on any atom is 0.119 e. The molecule has 1 heterocycles. The highest BCUT2D eigenvalue weighted by Crippen LogP contribution is 2.47. The molecule has 0 aromatic heterocycles. The van der Waals surface area contributed by atoms with Crippen molar-refractivity contribution in [3.8, 4) is 5.75 Å². The van der Waals surface area contributed by atoms with E-state index in [2.05, 4.69) is 43.4 Å². The Bertz CT molecular complexity index is 458. The summed E-state index contributed by atoms with van der Waals surface area (Å²) in [4.78, 5) is 0. The van der Waals surface area contributed by atoms with E-state index in [1.807, 2.05) is 0 Å². The zero-order valence-corrected chi connectivity index (χ0v) is 12.9. The van der Waals surface area contributed by atoms with Gasteiger partial charge in [0, 0.05) is 6.04 Å². The van der Waals surface area contributed by atoms with Gasteiger partial charge in [-0.2, -0.15) is 0 Å². The van der Waals surface area contributed by atoms with Crippen LogP contribution in [0.25, 0.3) is 0 Å². The van der Waals surface area contributed by atoms with Gasteiger partial charge >= 0.3 is 0 Å². The van der Waals surface area contributed by atoms with Gasteiger partial charge in [0.25, 0.3) is 0 Å². The molecule has 1 saturated carbocycles. The predicted molar refractivity (Wildman–Crippen MR) is 83.2 cm³/mol. The summed E-state index contributed by atoms with van der Waals surface area (Å²) in [6.45, 7) is 5.94. The van der Waals surface area contributed by atoms with Gasteiger partial charge in [0.2, 0.25) is 0 Å². The van der Waals surface area contributed by atoms with Gasteiger partial charge in [-0.1, -0.05) is 32.4 Å². The SMILES string of the molecule is CCC1CC(c2cccc(OC)c2)C2CC1NCC2C. The lowest BCUT2D eigenvalue weighted by molar-refractivity contribution is 0.0891. The zero-order valence-electron chi connectivity index (χ0n) is 12.9. The first kappa shape index (κ1) is 13.9. The van der Waals surface area contributed by atoms with Gasteiger partial charge in [-0.25, -0.2) is 0 Å². The summed E-state index contributed by atoms with van der Waals surface area (Å²) in [5.74, 6) is 4.15. The lowest BCUT2D eigenvalue weighted by Crippen LogP contribution is -2.52. The summed E-state index contributed by atoms with van der Waals surface area (Å²) in [7, 11) is 1.76. The quantitative estimate of drug-likeness (QED) is 0.904. The van der Waals surface area contributed by atoms with Crippen molar-refractivity contribution in [2.45, 2.75) is 45.1 Å². The summed E-state index contributed by atoms with van der Waals surface area (Å²) in [6.07, 6.45) is 3.97. The molecule has 1 N–H and O–H groups in total. The number of ether oxygens (including phenoxy) is 1. The monoisotopic (exact) mass is 273 g/mol. The lowest BCUT2D eigenvalue weighted by Gasteiger charge is -2.48. The fraction of sp³-hybridized carbons (Fsp3) is 0.667. The van der Waals surface area contributed by atoms with E-state index in [0.717, 1.165) is 29.5 Å². The molecule has 1 aromatic carbocycles. The minimum atomic E-state index is 0.711. The molecule has 1 aliphatic carbocycles. The van der Waals surface area contributed by atoms with Crippen LogP contribution in [0.1, 0.15) is 44.6 Å². The standard InChI is InChI=1S/C18H27NO/c1-4-13-9-17(14-6-5-7-15(8-14)20-3)16-10-18(13)19-11-12(16)2/h5-8,12-13,16-19H,4,9-11H2,1-3H3. The summed E-state index contributed by atoms with van der Waals surface area (Å²) in [5, 5.41) is 3.77. The van der Waals surface area contributed by atoms with Crippen LogP contribution in [-0.4, -0.2) is 19.7 Å². The number of benzene rings is 1. The van der Waals surface area contributed by atoms with Crippen LogP contribution in [0.15, 0.2) is 24.3 Å². The lowest BCUT2D eigenvalue weighted by atomic mass is 9.62. The van der Waals surface area contributed by atoms with Crippen molar-refractivity contribution in [2.75, 3.05) is 13.7 Å². The number of fused-ring (bicyclic) bond motifs is 2. The van der Waals surface area contributed by atoms with Crippen LogP contribution in [0.2, 0.25) is 0 Å². The molecule has 0 amide bonds. The second-order valence-corrected chi connectivity index (χ2v) is 6.68. The zero-order chi connectivity index (χ0) is 14.1. The van der Waals surface area contributed by atoms with Crippen LogP contribution in [0.4, 0.5) is 0 Å². The Morgan fingerprint density at radius 1 is 1.30 bits per heavy atom. The number of methoxy groups -OCH3 is 1. The number of rotatable bonds is 3. The number of nitrogens with one attached hydrogen (secondary N) is 1. The molecule has 5 atom stereocenters. The summed E-state index contributed by atoms with van der Waals surface area (Å²) in [6, 6.07) is 9.51. The van der Waals surface area contributed by atoms with E-state index in [9.17, 15) is 0 Å². The highest BCUT2D eigenvalue weighted by molar-refractivity contribution is 5.32. The van der Waals surface area contributed by atoms with Gasteiger partial charge in [0.15, 0.2) is 0 Å². The van der Waals surface area contributed by atoms with Crippen molar-refractivity contribution < 1.29 is 4.74 Å². The Labute approximate surface area is 122 Å².